The molecule has 6 nitrogen and oxygen atoms in total. The van der Waals surface area contributed by atoms with E-state index in [9.17, 15) is 4.79 Å². The average Bonchev–Trinajstić information content (AvgIpc) is 3.23. The summed E-state index contributed by atoms with van der Waals surface area (Å²) in [6.45, 7) is 0. The molecule has 2 saturated carbocycles. The third-order valence-corrected chi connectivity index (χ3v) is 5.68. The fraction of sp³-hybridized carbons (Fsp3) is 0.467. The summed E-state index contributed by atoms with van der Waals surface area (Å²) in [6.07, 6.45) is 5.09. The van der Waals surface area contributed by atoms with Crippen LogP contribution in [0, 0.1) is 17.8 Å². The van der Waals surface area contributed by atoms with E-state index in [1.807, 2.05) is 18.2 Å². The molecule has 0 aliphatic heterocycles. The first kappa shape index (κ1) is 13.8. The van der Waals surface area contributed by atoms with Crippen LogP contribution >= 0.6 is 11.3 Å². The van der Waals surface area contributed by atoms with Crippen molar-refractivity contribution >= 4 is 22.4 Å². The summed E-state index contributed by atoms with van der Waals surface area (Å²) in [5.74, 6) is 0.854. The van der Waals surface area contributed by atoms with E-state index in [4.69, 9.17) is 5.73 Å². The lowest BCUT2D eigenvalue weighted by Crippen LogP contribution is -2.42. The molecule has 1 amide bonds. The van der Waals surface area contributed by atoms with Crippen LogP contribution in [0.2, 0.25) is 0 Å². The molecule has 4 unspecified atom stereocenters. The number of nitrogens with one attached hydrogen (secondary N) is 1. The zero-order chi connectivity index (χ0) is 15.1. The Hall–Kier alpha value is -1.86. The number of aromatic nitrogens is 3. The Morgan fingerprint density at radius 2 is 2.14 bits per heavy atom. The summed E-state index contributed by atoms with van der Waals surface area (Å²) in [7, 11) is 0. The molecule has 4 rings (SSSR count). The van der Waals surface area contributed by atoms with Gasteiger partial charge in [0.1, 0.15) is 5.69 Å². The lowest BCUT2D eigenvalue weighted by atomic mass is 9.84. The van der Waals surface area contributed by atoms with Gasteiger partial charge in [0.25, 0.3) is 0 Å². The fourth-order valence-corrected chi connectivity index (χ4v) is 4.50. The van der Waals surface area contributed by atoms with Gasteiger partial charge in [-0.25, -0.2) is 0 Å². The molecule has 2 fully saturated rings. The molecule has 2 heterocycles. The summed E-state index contributed by atoms with van der Waals surface area (Å²) < 4.78 is 0. The van der Waals surface area contributed by atoms with Gasteiger partial charge in [0.15, 0.2) is 5.01 Å². The van der Waals surface area contributed by atoms with Gasteiger partial charge in [-0.3, -0.25) is 9.78 Å². The minimum atomic E-state index is -0.0825. The minimum Gasteiger partial charge on any atom is -0.327 e. The fourth-order valence-electron chi connectivity index (χ4n) is 3.78. The quantitative estimate of drug-likeness (QED) is 0.902. The largest absolute Gasteiger partial charge is 0.327 e. The molecule has 2 aliphatic rings. The highest BCUT2D eigenvalue weighted by atomic mass is 32.1. The first-order valence-electron chi connectivity index (χ1n) is 7.54. The summed E-state index contributed by atoms with van der Waals surface area (Å²) in [5.41, 5.74) is 6.97. The van der Waals surface area contributed by atoms with Crippen molar-refractivity contribution in [2.24, 2.45) is 23.5 Å². The SMILES string of the molecule is NC1C2CCC(C2)C1C(=O)Nc1nnc(-c2ccccn2)s1. The molecule has 0 saturated heterocycles. The molecule has 22 heavy (non-hydrogen) atoms. The number of carbonyl (C=O) groups is 1. The van der Waals surface area contributed by atoms with Crippen molar-refractivity contribution in [3.8, 4) is 10.7 Å². The van der Waals surface area contributed by atoms with Gasteiger partial charge >= 0.3 is 0 Å². The zero-order valence-corrected chi connectivity index (χ0v) is 12.8. The van der Waals surface area contributed by atoms with Crippen LogP contribution in [-0.2, 0) is 4.79 Å². The number of fused-ring (bicyclic) bond motifs is 2. The Morgan fingerprint density at radius 1 is 1.27 bits per heavy atom. The second-order valence-corrected chi connectivity index (χ2v) is 7.03. The molecule has 7 heteroatoms. The predicted molar refractivity (Wildman–Crippen MR) is 84.1 cm³/mol. The highest BCUT2D eigenvalue weighted by molar-refractivity contribution is 7.18. The Bertz CT molecular complexity index is 686. The van der Waals surface area contributed by atoms with Crippen LogP contribution in [0.3, 0.4) is 0 Å². The van der Waals surface area contributed by atoms with Crippen LogP contribution in [0.4, 0.5) is 5.13 Å². The average molecular weight is 315 g/mol. The van der Waals surface area contributed by atoms with Gasteiger partial charge in [0.2, 0.25) is 11.0 Å². The lowest BCUT2D eigenvalue weighted by molar-refractivity contribution is -0.121. The Kier molecular flexibility index (Phi) is 3.38. The maximum absolute atomic E-state index is 12.5. The maximum Gasteiger partial charge on any atom is 0.231 e. The van der Waals surface area contributed by atoms with Gasteiger partial charge in [-0.15, -0.1) is 10.2 Å². The molecule has 2 aromatic heterocycles. The van der Waals surface area contributed by atoms with Crippen LogP contribution in [0.15, 0.2) is 24.4 Å². The van der Waals surface area contributed by atoms with Crippen LogP contribution < -0.4 is 11.1 Å². The van der Waals surface area contributed by atoms with E-state index in [1.54, 1.807) is 6.20 Å². The number of nitrogens with two attached hydrogens (primary N) is 1. The number of hydrogen-bond donors (Lipinski definition) is 2. The molecule has 2 aromatic rings. The number of pyridine rings is 1. The van der Waals surface area contributed by atoms with Gasteiger partial charge in [0, 0.05) is 12.2 Å². The topological polar surface area (TPSA) is 93.8 Å². The second kappa shape index (κ2) is 5.40. The number of rotatable bonds is 3. The van der Waals surface area contributed by atoms with Crippen molar-refractivity contribution in [1.82, 2.24) is 15.2 Å². The molecular formula is C15H17N5OS. The van der Waals surface area contributed by atoms with Crippen molar-refractivity contribution in [2.45, 2.75) is 25.3 Å². The third-order valence-electron chi connectivity index (χ3n) is 4.82. The smallest absolute Gasteiger partial charge is 0.231 e. The van der Waals surface area contributed by atoms with E-state index in [0.29, 0.717) is 22.0 Å². The van der Waals surface area contributed by atoms with Gasteiger partial charge < -0.3 is 11.1 Å². The normalized spacial score (nSPS) is 29.7. The highest BCUT2D eigenvalue weighted by Gasteiger charge is 2.49. The van der Waals surface area contributed by atoms with Crippen molar-refractivity contribution < 1.29 is 4.79 Å². The summed E-state index contributed by atoms with van der Waals surface area (Å²) in [4.78, 5) is 16.7. The first-order valence-corrected chi connectivity index (χ1v) is 8.35. The van der Waals surface area contributed by atoms with E-state index >= 15 is 0 Å². The van der Waals surface area contributed by atoms with Gasteiger partial charge in [0.05, 0.1) is 5.92 Å². The van der Waals surface area contributed by atoms with Gasteiger partial charge in [-0.1, -0.05) is 17.4 Å². The van der Waals surface area contributed by atoms with E-state index in [2.05, 4.69) is 20.5 Å². The predicted octanol–water partition coefficient (Wildman–Crippen LogP) is 1.91. The number of nitrogens with zero attached hydrogens (tertiary/aromatic N) is 3. The van der Waals surface area contributed by atoms with Crippen LogP contribution in [0.1, 0.15) is 19.3 Å². The van der Waals surface area contributed by atoms with Crippen molar-refractivity contribution in [1.29, 1.82) is 0 Å². The second-order valence-electron chi connectivity index (χ2n) is 6.05. The van der Waals surface area contributed by atoms with Crippen LogP contribution in [-0.4, -0.2) is 27.1 Å². The Labute approximate surface area is 132 Å². The summed E-state index contributed by atoms with van der Waals surface area (Å²) in [6, 6.07) is 5.61. The molecule has 3 N–H and O–H groups in total. The summed E-state index contributed by atoms with van der Waals surface area (Å²) in [5, 5.41) is 12.2. The molecule has 0 aromatic carbocycles. The number of anilines is 1. The molecular weight excluding hydrogens is 298 g/mol. The molecule has 2 aliphatic carbocycles. The van der Waals surface area contributed by atoms with Crippen molar-refractivity contribution in [3.05, 3.63) is 24.4 Å². The molecule has 0 radical (unpaired) electrons. The molecule has 2 bridgehead atoms. The van der Waals surface area contributed by atoms with E-state index in [0.717, 1.165) is 25.0 Å². The molecule has 114 valence electrons. The summed E-state index contributed by atoms with van der Waals surface area (Å²) >= 11 is 1.34. The Balaban J connectivity index is 1.48. The molecule has 0 spiro atoms. The first-order chi connectivity index (χ1) is 10.7. The maximum atomic E-state index is 12.5. The van der Waals surface area contributed by atoms with Gasteiger partial charge in [-0.05, 0) is 43.2 Å². The minimum absolute atomic E-state index is 0.0107. The van der Waals surface area contributed by atoms with E-state index in [1.165, 1.54) is 11.3 Å². The van der Waals surface area contributed by atoms with Crippen LogP contribution in [0.25, 0.3) is 10.7 Å². The monoisotopic (exact) mass is 315 g/mol. The van der Waals surface area contributed by atoms with Gasteiger partial charge in [-0.2, -0.15) is 0 Å². The molecule has 4 atom stereocenters. The Morgan fingerprint density at radius 3 is 2.86 bits per heavy atom. The van der Waals surface area contributed by atoms with Crippen LogP contribution in [0.5, 0.6) is 0 Å². The van der Waals surface area contributed by atoms with E-state index < -0.39 is 0 Å². The lowest BCUT2D eigenvalue weighted by Gasteiger charge is -2.26. The van der Waals surface area contributed by atoms with Crippen molar-refractivity contribution in [3.63, 3.8) is 0 Å². The third kappa shape index (κ3) is 2.30. The number of amides is 1. The zero-order valence-electron chi connectivity index (χ0n) is 12.0. The van der Waals surface area contributed by atoms with E-state index in [-0.39, 0.29) is 17.9 Å². The standard InChI is InChI=1S/C15H17N5OS/c16-12-9-5-4-8(7-9)11(12)13(21)18-15-20-19-14(22-15)10-3-1-2-6-17-10/h1-3,6,8-9,11-12H,4-5,7,16H2,(H,18,20,21). The number of carbonyl (C=O) groups excluding carboxylic acids is 1. The van der Waals surface area contributed by atoms with Crippen molar-refractivity contribution in [2.75, 3.05) is 5.32 Å². The highest BCUT2D eigenvalue weighted by Crippen LogP contribution is 2.48. The number of hydrogen-bond acceptors (Lipinski definition) is 6.